The van der Waals surface area contributed by atoms with E-state index in [9.17, 15) is 9.59 Å². The van der Waals surface area contributed by atoms with Crippen LogP contribution in [0.1, 0.15) is 30.7 Å². The van der Waals surface area contributed by atoms with Gasteiger partial charge in [0.1, 0.15) is 6.54 Å². The number of thiophene rings is 1. The Bertz CT molecular complexity index is 722. The van der Waals surface area contributed by atoms with E-state index < -0.39 is 0 Å². The molecule has 0 aliphatic heterocycles. The molecule has 0 bridgehead atoms. The second-order valence-electron chi connectivity index (χ2n) is 6.62. The van der Waals surface area contributed by atoms with Crippen molar-refractivity contribution in [3.8, 4) is 0 Å². The maximum absolute atomic E-state index is 13.2. The van der Waals surface area contributed by atoms with Crippen molar-refractivity contribution in [1.82, 2.24) is 15.1 Å². The van der Waals surface area contributed by atoms with Crippen molar-refractivity contribution in [2.45, 2.75) is 33.4 Å². The van der Waals surface area contributed by atoms with Crippen LogP contribution in [-0.2, 0) is 22.6 Å². The Morgan fingerprint density at radius 1 is 1.03 bits per heavy atom. The topological polar surface area (TPSA) is 61.9 Å². The predicted molar refractivity (Wildman–Crippen MR) is 117 cm³/mol. The fourth-order valence-electron chi connectivity index (χ4n) is 2.91. The van der Waals surface area contributed by atoms with E-state index in [0.29, 0.717) is 45.8 Å². The molecule has 3 amide bonds. The summed E-state index contributed by atoms with van der Waals surface area (Å²) in [4.78, 5) is 30.1. The Morgan fingerprint density at radius 2 is 1.83 bits per heavy atom. The molecule has 0 saturated carbocycles. The Hall–Kier alpha value is -2.38. The summed E-state index contributed by atoms with van der Waals surface area (Å²) in [5.74, 6) is -0.0649. The molecule has 1 N–H and O–H groups in total. The first-order chi connectivity index (χ1) is 14.1. The summed E-state index contributed by atoms with van der Waals surface area (Å²) in [7, 11) is 0. The molecule has 1 heterocycles. The summed E-state index contributed by atoms with van der Waals surface area (Å²) in [6.45, 7) is 7.14. The van der Waals surface area contributed by atoms with Gasteiger partial charge in [-0.3, -0.25) is 4.79 Å². The van der Waals surface area contributed by atoms with Crippen LogP contribution in [-0.4, -0.2) is 54.6 Å². The number of carbonyl (C=O) groups excluding carboxylic acids is 2. The molecule has 6 nitrogen and oxygen atoms in total. The molecule has 29 heavy (non-hydrogen) atoms. The minimum absolute atomic E-state index is 0.0518. The fourth-order valence-corrected chi connectivity index (χ4v) is 3.63. The van der Waals surface area contributed by atoms with Gasteiger partial charge in [-0.2, -0.15) is 0 Å². The van der Waals surface area contributed by atoms with Crippen LogP contribution in [0.5, 0.6) is 0 Å². The Labute approximate surface area is 177 Å². The summed E-state index contributed by atoms with van der Waals surface area (Å²) in [5, 5.41) is 4.81. The van der Waals surface area contributed by atoms with Gasteiger partial charge in [0.2, 0.25) is 5.91 Å². The SMILES string of the molecule is CCNC(=O)N(CCCOCC)CC(=O)N(Cc1ccccc1)Cc1cccs1. The molecule has 0 radical (unpaired) electrons. The van der Waals surface area contributed by atoms with Crippen LogP contribution < -0.4 is 5.32 Å². The standard InChI is InChI=1S/C22H31N3O3S/c1-3-23-22(27)24(13-9-14-28-4-2)18-21(26)25(17-20-12-8-15-29-20)16-19-10-6-5-7-11-19/h5-8,10-12,15H,3-4,9,13-14,16-18H2,1-2H3,(H,23,27). The van der Waals surface area contributed by atoms with Gasteiger partial charge in [-0.1, -0.05) is 36.4 Å². The summed E-state index contributed by atoms with van der Waals surface area (Å²) < 4.78 is 5.37. The third kappa shape index (κ3) is 8.25. The van der Waals surface area contributed by atoms with E-state index >= 15 is 0 Å². The third-order valence-corrected chi connectivity index (χ3v) is 5.22. The van der Waals surface area contributed by atoms with Gasteiger partial charge in [0.15, 0.2) is 0 Å². The zero-order valence-corrected chi connectivity index (χ0v) is 18.1. The number of hydrogen-bond donors (Lipinski definition) is 1. The highest BCUT2D eigenvalue weighted by atomic mass is 32.1. The number of nitrogens with zero attached hydrogens (tertiary/aromatic N) is 2. The highest BCUT2D eigenvalue weighted by Gasteiger charge is 2.21. The maximum atomic E-state index is 13.2. The molecule has 0 saturated heterocycles. The molecule has 1 aromatic carbocycles. The van der Waals surface area contributed by atoms with Crippen LogP contribution in [0, 0.1) is 0 Å². The summed E-state index contributed by atoms with van der Waals surface area (Å²) >= 11 is 1.63. The fraction of sp³-hybridized carbons (Fsp3) is 0.455. The van der Waals surface area contributed by atoms with Gasteiger partial charge in [-0.25, -0.2) is 4.79 Å². The van der Waals surface area contributed by atoms with Gasteiger partial charge < -0.3 is 19.9 Å². The first kappa shape index (κ1) is 22.9. The lowest BCUT2D eigenvalue weighted by atomic mass is 10.2. The largest absolute Gasteiger partial charge is 0.382 e. The van der Waals surface area contributed by atoms with Crippen LogP contribution in [0.25, 0.3) is 0 Å². The minimum Gasteiger partial charge on any atom is -0.382 e. The van der Waals surface area contributed by atoms with Gasteiger partial charge in [-0.15, -0.1) is 11.3 Å². The number of urea groups is 1. The van der Waals surface area contributed by atoms with E-state index in [4.69, 9.17) is 4.74 Å². The number of carbonyl (C=O) groups is 2. The number of hydrogen-bond acceptors (Lipinski definition) is 4. The Balaban J connectivity index is 2.07. The van der Waals surface area contributed by atoms with Crippen molar-refractivity contribution < 1.29 is 14.3 Å². The molecule has 0 spiro atoms. The van der Waals surface area contributed by atoms with Crippen LogP contribution in [0.3, 0.4) is 0 Å². The molecule has 0 unspecified atom stereocenters. The molecule has 0 fully saturated rings. The second-order valence-corrected chi connectivity index (χ2v) is 7.65. The second kappa shape index (κ2) is 13.0. The van der Waals surface area contributed by atoms with E-state index in [1.54, 1.807) is 16.2 Å². The van der Waals surface area contributed by atoms with Crippen molar-refractivity contribution in [2.75, 3.05) is 32.8 Å². The van der Waals surface area contributed by atoms with Gasteiger partial charge in [0.25, 0.3) is 0 Å². The lowest BCUT2D eigenvalue weighted by molar-refractivity contribution is -0.133. The molecule has 2 aromatic rings. The van der Waals surface area contributed by atoms with E-state index in [-0.39, 0.29) is 18.5 Å². The van der Waals surface area contributed by atoms with Crippen LogP contribution in [0.4, 0.5) is 4.79 Å². The first-order valence-electron chi connectivity index (χ1n) is 10.1. The molecular weight excluding hydrogens is 386 g/mol. The average Bonchev–Trinajstić information content (AvgIpc) is 3.24. The van der Waals surface area contributed by atoms with Crippen molar-refractivity contribution in [1.29, 1.82) is 0 Å². The molecule has 2 rings (SSSR count). The number of rotatable bonds is 12. The van der Waals surface area contributed by atoms with Crippen LogP contribution in [0.15, 0.2) is 47.8 Å². The van der Waals surface area contributed by atoms with Gasteiger partial charge in [0.05, 0.1) is 6.54 Å². The quantitative estimate of drug-likeness (QED) is 0.535. The normalized spacial score (nSPS) is 10.6. The number of nitrogens with one attached hydrogen (secondary N) is 1. The third-order valence-electron chi connectivity index (χ3n) is 4.36. The Kier molecular flexibility index (Phi) is 10.2. The van der Waals surface area contributed by atoms with Gasteiger partial charge in [0, 0.05) is 37.7 Å². The average molecular weight is 418 g/mol. The van der Waals surface area contributed by atoms with Crippen LogP contribution >= 0.6 is 11.3 Å². The maximum Gasteiger partial charge on any atom is 0.317 e. The molecule has 0 aliphatic rings. The van der Waals surface area contributed by atoms with E-state index in [1.807, 2.05) is 66.6 Å². The van der Waals surface area contributed by atoms with E-state index in [1.165, 1.54) is 0 Å². The lowest BCUT2D eigenvalue weighted by Crippen LogP contribution is -2.47. The highest BCUT2D eigenvalue weighted by molar-refractivity contribution is 7.09. The molecule has 158 valence electrons. The minimum atomic E-state index is -0.215. The molecule has 0 aliphatic carbocycles. The predicted octanol–water partition coefficient (Wildman–Crippen LogP) is 3.74. The van der Waals surface area contributed by atoms with Crippen molar-refractivity contribution in [3.05, 3.63) is 58.3 Å². The first-order valence-corrected chi connectivity index (χ1v) is 11.0. The number of ether oxygens (including phenoxy) is 1. The summed E-state index contributed by atoms with van der Waals surface area (Å²) in [5.41, 5.74) is 1.07. The van der Waals surface area contributed by atoms with Crippen molar-refractivity contribution >= 4 is 23.3 Å². The van der Waals surface area contributed by atoms with Crippen LogP contribution in [0.2, 0.25) is 0 Å². The smallest absolute Gasteiger partial charge is 0.317 e. The molecule has 0 atom stereocenters. The van der Waals surface area contributed by atoms with E-state index in [2.05, 4.69) is 5.32 Å². The number of benzene rings is 1. The van der Waals surface area contributed by atoms with Crippen molar-refractivity contribution in [2.24, 2.45) is 0 Å². The zero-order chi connectivity index (χ0) is 20.9. The summed E-state index contributed by atoms with van der Waals surface area (Å²) in [6.07, 6.45) is 0.696. The lowest BCUT2D eigenvalue weighted by Gasteiger charge is -2.27. The van der Waals surface area contributed by atoms with E-state index in [0.717, 1.165) is 10.4 Å². The summed E-state index contributed by atoms with van der Waals surface area (Å²) in [6, 6.07) is 13.7. The van der Waals surface area contributed by atoms with Gasteiger partial charge in [-0.05, 0) is 37.3 Å². The molecular formula is C22H31N3O3S. The monoisotopic (exact) mass is 417 g/mol. The van der Waals surface area contributed by atoms with Gasteiger partial charge >= 0.3 is 6.03 Å². The Morgan fingerprint density at radius 3 is 2.48 bits per heavy atom. The molecule has 1 aromatic heterocycles. The zero-order valence-electron chi connectivity index (χ0n) is 17.3. The molecule has 7 heteroatoms. The highest BCUT2D eigenvalue weighted by Crippen LogP contribution is 2.15. The van der Waals surface area contributed by atoms with Crippen molar-refractivity contribution in [3.63, 3.8) is 0 Å². The number of amides is 3.